The van der Waals surface area contributed by atoms with E-state index in [9.17, 15) is 9.90 Å². The van der Waals surface area contributed by atoms with Crippen LogP contribution in [-0.2, 0) is 6.42 Å². The van der Waals surface area contributed by atoms with Crippen LogP contribution in [-0.4, -0.2) is 39.5 Å². The van der Waals surface area contributed by atoms with Gasteiger partial charge in [0.05, 0.1) is 11.2 Å². The Morgan fingerprint density at radius 3 is 2.74 bits per heavy atom. The number of benzene rings is 1. The van der Waals surface area contributed by atoms with Gasteiger partial charge in [-0.1, -0.05) is 12.1 Å². The average Bonchev–Trinajstić information content (AvgIpc) is 2.86. The van der Waals surface area contributed by atoms with E-state index in [0.29, 0.717) is 30.3 Å². The molecule has 3 rings (SSSR count). The normalized spacial score (nSPS) is 17.7. The first kappa shape index (κ1) is 16.0. The lowest BCUT2D eigenvalue weighted by Gasteiger charge is -2.33. The zero-order chi connectivity index (χ0) is 16.6. The third-order valence-electron chi connectivity index (χ3n) is 4.62. The molecule has 2 aromatic rings. The molecule has 1 aliphatic heterocycles. The molecule has 1 aliphatic rings. The second kappa shape index (κ2) is 5.94. The highest BCUT2D eigenvalue weighted by molar-refractivity contribution is 6.05. The number of fused-ring (bicyclic) bond motifs is 1. The van der Waals surface area contributed by atoms with Crippen LogP contribution in [0.25, 0.3) is 10.9 Å². The van der Waals surface area contributed by atoms with E-state index in [1.807, 2.05) is 30.7 Å². The van der Waals surface area contributed by atoms with Crippen molar-refractivity contribution in [2.45, 2.75) is 44.8 Å². The summed E-state index contributed by atoms with van der Waals surface area (Å²) in [6.45, 7) is 5.73. The van der Waals surface area contributed by atoms with Crippen molar-refractivity contribution in [3.63, 3.8) is 0 Å². The number of rotatable bonds is 4. The van der Waals surface area contributed by atoms with Gasteiger partial charge in [-0.25, -0.2) is 0 Å². The molecular formula is C17H24N4O2. The van der Waals surface area contributed by atoms with E-state index in [1.54, 1.807) is 6.07 Å². The number of nitrogens with one attached hydrogen (secondary N) is 1. The van der Waals surface area contributed by atoms with Gasteiger partial charge in [-0.15, -0.1) is 0 Å². The van der Waals surface area contributed by atoms with E-state index in [0.717, 1.165) is 24.2 Å². The Kier molecular flexibility index (Phi) is 4.12. The fourth-order valence-corrected chi connectivity index (χ4v) is 3.36. The van der Waals surface area contributed by atoms with Crippen molar-refractivity contribution in [3.8, 4) is 0 Å². The second-order valence-electron chi connectivity index (χ2n) is 6.70. The SMILES string of the molecule is CC(C)n1nc2c(C(N)=O)cccc2c1CC1(O)CCNCC1. The van der Waals surface area contributed by atoms with Crippen molar-refractivity contribution in [1.29, 1.82) is 0 Å². The summed E-state index contributed by atoms with van der Waals surface area (Å²) in [5.41, 5.74) is 6.78. The molecule has 0 aliphatic carbocycles. The first-order valence-electron chi connectivity index (χ1n) is 8.14. The molecule has 0 radical (unpaired) electrons. The highest BCUT2D eigenvalue weighted by atomic mass is 16.3. The molecule has 6 heteroatoms. The van der Waals surface area contributed by atoms with Gasteiger partial charge >= 0.3 is 0 Å². The molecule has 6 nitrogen and oxygen atoms in total. The third-order valence-corrected chi connectivity index (χ3v) is 4.62. The van der Waals surface area contributed by atoms with Crippen molar-refractivity contribution in [2.24, 2.45) is 5.73 Å². The van der Waals surface area contributed by atoms with Crippen molar-refractivity contribution in [3.05, 3.63) is 29.5 Å². The summed E-state index contributed by atoms with van der Waals surface area (Å²) in [7, 11) is 0. The van der Waals surface area contributed by atoms with Gasteiger partial charge in [0.1, 0.15) is 5.52 Å². The number of aliphatic hydroxyl groups is 1. The summed E-state index contributed by atoms with van der Waals surface area (Å²) in [6, 6.07) is 5.62. The molecule has 1 saturated heterocycles. The van der Waals surface area contributed by atoms with E-state index in [-0.39, 0.29) is 6.04 Å². The van der Waals surface area contributed by atoms with Crippen LogP contribution < -0.4 is 11.1 Å². The Morgan fingerprint density at radius 1 is 1.43 bits per heavy atom. The molecular weight excluding hydrogens is 292 g/mol. The number of nitrogens with zero attached hydrogens (tertiary/aromatic N) is 2. The van der Waals surface area contributed by atoms with Crippen molar-refractivity contribution in [1.82, 2.24) is 15.1 Å². The maximum atomic E-state index is 11.7. The van der Waals surface area contributed by atoms with E-state index >= 15 is 0 Å². The number of piperidine rings is 1. The predicted molar refractivity (Wildman–Crippen MR) is 89.4 cm³/mol. The summed E-state index contributed by atoms with van der Waals surface area (Å²) in [4.78, 5) is 11.7. The summed E-state index contributed by atoms with van der Waals surface area (Å²) in [5, 5.41) is 19.7. The van der Waals surface area contributed by atoms with Crippen LogP contribution in [0.1, 0.15) is 48.8 Å². The van der Waals surface area contributed by atoms with Gasteiger partial charge in [0.2, 0.25) is 0 Å². The van der Waals surface area contributed by atoms with Gasteiger partial charge in [0.25, 0.3) is 5.91 Å². The Balaban J connectivity index is 2.12. The Bertz CT molecular complexity index is 730. The molecule has 0 bridgehead atoms. The van der Waals surface area contributed by atoms with Gasteiger partial charge in [-0.3, -0.25) is 9.48 Å². The molecule has 0 saturated carbocycles. The molecule has 124 valence electrons. The van der Waals surface area contributed by atoms with Crippen molar-refractivity contribution in [2.75, 3.05) is 13.1 Å². The zero-order valence-electron chi connectivity index (χ0n) is 13.7. The molecule has 0 spiro atoms. The van der Waals surface area contributed by atoms with Crippen LogP contribution in [0, 0.1) is 0 Å². The van der Waals surface area contributed by atoms with Gasteiger partial charge in [0, 0.05) is 23.5 Å². The number of carbonyl (C=O) groups excluding carboxylic acids is 1. The lowest BCUT2D eigenvalue weighted by atomic mass is 9.87. The van der Waals surface area contributed by atoms with Crippen LogP contribution >= 0.6 is 0 Å². The minimum Gasteiger partial charge on any atom is -0.389 e. The quantitative estimate of drug-likeness (QED) is 0.794. The second-order valence-corrected chi connectivity index (χ2v) is 6.70. The first-order chi connectivity index (χ1) is 10.9. The van der Waals surface area contributed by atoms with E-state index in [1.165, 1.54) is 0 Å². The van der Waals surface area contributed by atoms with E-state index < -0.39 is 11.5 Å². The molecule has 2 heterocycles. The van der Waals surface area contributed by atoms with Crippen molar-refractivity contribution >= 4 is 16.8 Å². The Morgan fingerprint density at radius 2 is 2.13 bits per heavy atom. The predicted octanol–water partition coefficient (Wildman–Crippen LogP) is 1.37. The van der Waals surface area contributed by atoms with Crippen molar-refractivity contribution < 1.29 is 9.90 Å². The van der Waals surface area contributed by atoms with Gasteiger partial charge in [-0.2, -0.15) is 5.10 Å². The van der Waals surface area contributed by atoms with Gasteiger partial charge in [0.15, 0.2) is 0 Å². The third kappa shape index (κ3) is 2.96. The van der Waals surface area contributed by atoms with Crippen LogP contribution in [0.3, 0.4) is 0 Å². The van der Waals surface area contributed by atoms with Gasteiger partial charge in [-0.05, 0) is 45.8 Å². The van der Waals surface area contributed by atoms with E-state index in [4.69, 9.17) is 5.73 Å². The monoisotopic (exact) mass is 316 g/mol. The molecule has 1 aromatic heterocycles. The fourth-order valence-electron chi connectivity index (χ4n) is 3.36. The van der Waals surface area contributed by atoms with Gasteiger partial charge < -0.3 is 16.2 Å². The average molecular weight is 316 g/mol. The Labute approximate surface area is 135 Å². The summed E-state index contributed by atoms with van der Waals surface area (Å²) < 4.78 is 1.91. The molecule has 1 aromatic carbocycles. The van der Waals surface area contributed by atoms with Crippen LogP contribution in [0.15, 0.2) is 18.2 Å². The minimum atomic E-state index is -0.729. The van der Waals surface area contributed by atoms with Crippen LogP contribution in [0.4, 0.5) is 0 Å². The highest BCUT2D eigenvalue weighted by Crippen LogP contribution is 2.30. The lowest BCUT2D eigenvalue weighted by Crippen LogP contribution is -2.43. The lowest BCUT2D eigenvalue weighted by molar-refractivity contribution is 0.00918. The molecule has 1 fully saturated rings. The number of hydrogen-bond acceptors (Lipinski definition) is 4. The zero-order valence-corrected chi connectivity index (χ0v) is 13.7. The summed E-state index contributed by atoms with van der Waals surface area (Å²) >= 11 is 0. The molecule has 23 heavy (non-hydrogen) atoms. The fraction of sp³-hybridized carbons (Fsp3) is 0.529. The number of hydrogen-bond donors (Lipinski definition) is 3. The largest absolute Gasteiger partial charge is 0.389 e. The number of aromatic nitrogens is 2. The molecule has 4 N–H and O–H groups in total. The standard InChI is InChI=1S/C17H24N4O2/c1-11(2)21-14(10-17(23)6-8-19-9-7-17)12-4-3-5-13(16(18)22)15(12)20-21/h3-5,11,19,23H,6-10H2,1-2H3,(H2,18,22). The maximum absolute atomic E-state index is 11.7. The maximum Gasteiger partial charge on any atom is 0.250 e. The number of nitrogens with two attached hydrogens (primary N) is 1. The van der Waals surface area contributed by atoms with E-state index in [2.05, 4.69) is 10.4 Å². The molecule has 1 amide bonds. The van der Waals surface area contributed by atoms with Crippen LogP contribution in [0.5, 0.6) is 0 Å². The number of carbonyl (C=O) groups is 1. The molecule has 0 atom stereocenters. The summed E-state index contributed by atoms with van der Waals surface area (Å²) in [5.74, 6) is -0.476. The number of primary amides is 1. The Hall–Kier alpha value is -1.92. The minimum absolute atomic E-state index is 0.142. The highest BCUT2D eigenvalue weighted by Gasteiger charge is 2.32. The molecule has 0 unspecified atom stereocenters. The van der Waals surface area contributed by atoms with Crippen LogP contribution in [0.2, 0.25) is 0 Å². The smallest absolute Gasteiger partial charge is 0.250 e. The summed E-state index contributed by atoms with van der Waals surface area (Å²) in [6.07, 6.45) is 1.96. The number of amides is 1. The first-order valence-corrected chi connectivity index (χ1v) is 8.14. The topological polar surface area (TPSA) is 93.2 Å².